The van der Waals surface area contributed by atoms with Gasteiger partial charge >= 0.3 is 0 Å². The first-order valence-electron chi connectivity index (χ1n) is 15.2. The second kappa shape index (κ2) is 12.4. The van der Waals surface area contributed by atoms with Gasteiger partial charge < -0.3 is 4.90 Å². The Balaban J connectivity index is 1.60. The van der Waals surface area contributed by atoms with Crippen molar-refractivity contribution in [3.05, 3.63) is 161 Å². The van der Waals surface area contributed by atoms with Gasteiger partial charge in [0, 0.05) is 22.2 Å². The third-order valence-corrected chi connectivity index (χ3v) is 8.52. The van der Waals surface area contributed by atoms with E-state index in [1.54, 1.807) is 30.4 Å². The van der Waals surface area contributed by atoms with E-state index in [0.29, 0.717) is 11.1 Å². The number of carbonyl (C=O) groups excluding carboxylic acids is 2. The lowest BCUT2D eigenvalue weighted by Crippen LogP contribution is -2.33. The maximum absolute atomic E-state index is 13.4. The summed E-state index contributed by atoms with van der Waals surface area (Å²) in [6.45, 7) is 22.1. The maximum atomic E-state index is 13.4. The summed E-state index contributed by atoms with van der Waals surface area (Å²) in [6.07, 6.45) is 12.7. The molecule has 1 heterocycles. The van der Waals surface area contributed by atoms with Crippen LogP contribution in [0.1, 0.15) is 83.2 Å². The van der Waals surface area contributed by atoms with Crippen LogP contribution in [0.3, 0.4) is 0 Å². The number of hydrogen-bond acceptors (Lipinski definition) is 3. The van der Waals surface area contributed by atoms with Crippen LogP contribution in [0.2, 0.25) is 0 Å². The van der Waals surface area contributed by atoms with Crippen LogP contribution in [0.5, 0.6) is 0 Å². The number of carbonyl (C=O) groups is 2. The molecule has 5 rings (SSSR count). The SMILES string of the molecule is C=C/C=C(\C(=C)C)N1c2ccccc2C(C)(C)c2c1ccc1cc(C=CC(=O)c3cc(C=C)c(/C=C\C)cc3C(C)=O)ccc21. The highest BCUT2D eigenvalue weighted by atomic mass is 16.1. The van der Waals surface area contributed by atoms with E-state index in [9.17, 15) is 9.59 Å². The predicted octanol–water partition coefficient (Wildman–Crippen LogP) is 11.0. The molecular formula is C42H39NO2. The van der Waals surface area contributed by atoms with Gasteiger partial charge in [0.1, 0.15) is 0 Å². The molecule has 0 amide bonds. The van der Waals surface area contributed by atoms with Gasteiger partial charge in [-0.2, -0.15) is 0 Å². The summed E-state index contributed by atoms with van der Waals surface area (Å²) >= 11 is 0. The summed E-state index contributed by atoms with van der Waals surface area (Å²) in [4.78, 5) is 28.2. The van der Waals surface area contributed by atoms with Crippen LogP contribution in [0.4, 0.5) is 11.4 Å². The summed E-state index contributed by atoms with van der Waals surface area (Å²) in [6, 6.07) is 22.7. The Hall–Kier alpha value is -5.28. The molecule has 3 heteroatoms. The predicted molar refractivity (Wildman–Crippen MR) is 192 cm³/mol. The number of allylic oxidation sites excluding steroid dienone is 5. The smallest absolute Gasteiger partial charge is 0.186 e. The molecular weight excluding hydrogens is 550 g/mol. The van der Waals surface area contributed by atoms with E-state index in [1.807, 2.05) is 44.2 Å². The monoisotopic (exact) mass is 589 g/mol. The second-order valence-electron chi connectivity index (χ2n) is 12.0. The minimum absolute atomic E-state index is 0.153. The van der Waals surface area contributed by atoms with Crippen molar-refractivity contribution >= 4 is 51.9 Å². The number of anilines is 2. The molecule has 3 nitrogen and oxygen atoms in total. The lowest BCUT2D eigenvalue weighted by atomic mass is 9.71. The zero-order valence-corrected chi connectivity index (χ0v) is 26.8. The van der Waals surface area contributed by atoms with Crippen molar-refractivity contribution in [3.63, 3.8) is 0 Å². The Labute approximate surface area is 266 Å². The fourth-order valence-electron chi connectivity index (χ4n) is 6.41. The average molecular weight is 590 g/mol. The van der Waals surface area contributed by atoms with E-state index in [0.717, 1.165) is 50.1 Å². The summed E-state index contributed by atoms with van der Waals surface area (Å²) in [5, 5.41) is 2.23. The molecule has 0 aliphatic carbocycles. The Morgan fingerprint density at radius 2 is 1.58 bits per heavy atom. The number of Topliss-reactive ketones (excluding diaryl/α,β-unsaturated/α-hetero) is 1. The Bertz CT molecular complexity index is 2000. The summed E-state index contributed by atoms with van der Waals surface area (Å²) in [5.41, 5.74) is 9.71. The van der Waals surface area contributed by atoms with E-state index >= 15 is 0 Å². The molecule has 0 fully saturated rings. The normalized spacial score (nSPS) is 14.0. The molecule has 0 saturated heterocycles. The first kappa shape index (κ1) is 31.2. The number of fused-ring (bicyclic) bond motifs is 4. The van der Waals surface area contributed by atoms with E-state index < -0.39 is 0 Å². The summed E-state index contributed by atoms with van der Waals surface area (Å²) in [5.74, 6) is -0.379. The molecule has 4 aromatic rings. The van der Waals surface area contributed by atoms with Crippen LogP contribution in [-0.4, -0.2) is 11.6 Å². The number of nitrogens with zero attached hydrogens (tertiary/aromatic N) is 1. The molecule has 45 heavy (non-hydrogen) atoms. The number of ketones is 2. The number of hydrogen-bond donors (Lipinski definition) is 0. The van der Waals surface area contributed by atoms with Crippen molar-refractivity contribution in [2.45, 2.75) is 40.0 Å². The molecule has 1 aliphatic rings. The average Bonchev–Trinajstić information content (AvgIpc) is 3.02. The molecule has 0 unspecified atom stereocenters. The number of para-hydroxylation sites is 1. The van der Waals surface area contributed by atoms with Crippen LogP contribution in [0.15, 0.2) is 122 Å². The Morgan fingerprint density at radius 1 is 0.844 bits per heavy atom. The van der Waals surface area contributed by atoms with Gasteiger partial charge in [0.05, 0.1) is 11.4 Å². The largest absolute Gasteiger partial charge is 0.310 e. The zero-order valence-electron chi connectivity index (χ0n) is 26.8. The molecule has 0 spiro atoms. The van der Waals surface area contributed by atoms with E-state index in [4.69, 9.17) is 0 Å². The van der Waals surface area contributed by atoms with Crippen molar-refractivity contribution in [1.82, 2.24) is 0 Å². The minimum atomic E-state index is -0.269. The first-order valence-corrected chi connectivity index (χ1v) is 15.2. The highest BCUT2D eigenvalue weighted by Crippen LogP contribution is 2.53. The van der Waals surface area contributed by atoms with Crippen LogP contribution in [0, 0.1) is 0 Å². The van der Waals surface area contributed by atoms with Gasteiger partial charge in [-0.25, -0.2) is 0 Å². The van der Waals surface area contributed by atoms with Gasteiger partial charge in [-0.3, -0.25) is 9.59 Å². The fraction of sp³-hybridized carbons (Fsp3) is 0.143. The molecule has 0 atom stereocenters. The van der Waals surface area contributed by atoms with Crippen LogP contribution in [0.25, 0.3) is 29.0 Å². The molecule has 224 valence electrons. The van der Waals surface area contributed by atoms with Gasteiger partial charge in [0.2, 0.25) is 0 Å². The summed E-state index contributed by atoms with van der Waals surface area (Å²) in [7, 11) is 0. The van der Waals surface area contributed by atoms with Gasteiger partial charge in [-0.1, -0.05) is 100 Å². The van der Waals surface area contributed by atoms with Gasteiger partial charge in [0.15, 0.2) is 11.6 Å². The van der Waals surface area contributed by atoms with Gasteiger partial charge in [-0.15, -0.1) is 0 Å². The molecule has 4 aromatic carbocycles. The molecule has 0 radical (unpaired) electrons. The zero-order chi connectivity index (χ0) is 32.5. The van der Waals surface area contributed by atoms with E-state index in [1.165, 1.54) is 18.1 Å². The van der Waals surface area contributed by atoms with Crippen LogP contribution < -0.4 is 4.90 Å². The molecule has 0 saturated carbocycles. The molecule has 0 bridgehead atoms. The fourth-order valence-corrected chi connectivity index (χ4v) is 6.41. The van der Waals surface area contributed by atoms with Crippen molar-refractivity contribution in [2.75, 3.05) is 4.90 Å². The minimum Gasteiger partial charge on any atom is -0.310 e. The van der Waals surface area contributed by atoms with E-state index in [-0.39, 0.29) is 17.0 Å². The topological polar surface area (TPSA) is 37.4 Å². The van der Waals surface area contributed by atoms with Crippen LogP contribution in [-0.2, 0) is 5.41 Å². The third kappa shape index (κ3) is 5.58. The highest BCUT2D eigenvalue weighted by molar-refractivity contribution is 6.14. The van der Waals surface area contributed by atoms with E-state index in [2.05, 4.69) is 87.0 Å². The number of rotatable bonds is 9. The lowest BCUT2D eigenvalue weighted by molar-refractivity contribution is 0.0993. The van der Waals surface area contributed by atoms with Crippen molar-refractivity contribution < 1.29 is 9.59 Å². The maximum Gasteiger partial charge on any atom is 0.186 e. The second-order valence-corrected chi connectivity index (χ2v) is 12.0. The van der Waals surface area contributed by atoms with Crippen molar-refractivity contribution in [1.29, 1.82) is 0 Å². The van der Waals surface area contributed by atoms with Crippen molar-refractivity contribution in [2.24, 2.45) is 0 Å². The summed E-state index contributed by atoms with van der Waals surface area (Å²) < 4.78 is 0. The molecule has 1 aliphatic heterocycles. The first-order chi connectivity index (χ1) is 21.5. The number of benzene rings is 4. The van der Waals surface area contributed by atoms with Crippen molar-refractivity contribution in [3.8, 4) is 0 Å². The van der Waals surface area contributed by atoms with Gasteiger partial charge in [-0.05, 0) is 107 Å². The Morgan fingerprint density at radius 3 is 2.24 bits per heavy atom. The Kier molecular flexibility index (Phi) is 8.57. The lowest BCUT2D eigenvalue weighted by Gasteiger charge is -2.43. The third-order valence-electron chi connectivity index (χ3n) is 8.52. The molecule has 0 aromatic heterocycles. The molecule has 0 N–H and O–H groups in total. The standard InChI is InChI=1S/C42H39NO2/c1-9-14-31-26-34(28(6)44)35(25-30(31)11-3)40(45)23-19-29-18-21-33-32(24-29)20-22-39-41(33)42(7,8)36-16-12-13-17-38(36)43(39)37(15-10-2)27(4)5/h9-26H,2-4H2,1,5-8H3/b14-9-,23-19?,37-15+. The van der Waals surface area contributed by atoms with Crippen LogP contribution >= 0.6 is 0 Å². The highest BCUT2D eigenvalue weighted by Gasteiger charge is 2.38. The van der Waals surface area contributed by atoms with Gasteiger partial charge in [0.25, 0.3) is 0 Å². The quantitative estimate of drug-likeness (QED) is 0.111.